The number of pyridine rings is 1. The molecule has 0 saturated carbocycles. The van der Waals surface area contributed by atoms with Crippen molar-refractivity contribution in [1.29, 1.82) is 0 Å². The Labute approximate surface area is 238 Å². The molecular formula is C30H30Cl2FN5O. The average Bonchev–Trinajstić information content (AvgIpc) is 3.46. The van der Waals surface area contributed by atoms with Gasteiger partial charge in [0.05, 0.1) is 23.3 Å². The zero-order valence-electron chi connectivity index (χ0n) is 21.6. The zero-order valence-corrected chi connectivity index (χ0v) is 23.1. The molecule has 202 valence electrons. The van der Waals surface area contributed by atoms with Gasteiger partial charge in [-0.3, -0.25) is 14.4 Å². The highest BCUT2D eigenvalue weighted by Crippen LogP contribution is 2.34. The molecule has 1 saturated heterocycles. The summed E-state index contributed by atoms with van der Waals surface area (Å²) in [6, 6.07) is 17.5. The van der Waals surface area contributed by atoms with Crippen molar-refractivity contribution < 1.29 is 9.23 Å². The Hall–Kier alpha value is -3.23. The van der Waals surface area contributed by atoms with Crippen LogP contribution in [-0.4, -0.2) is 32.8 Å². The Balaban J connectivity index is 1.17. The van der Waals surface area contributed by atoms with Gasteiger partial charge in [-0.15, -0.1) is 6.58 Å². The molecule has 2 aromatic heterocycles. The van der Waals surface area contributed by atoms with Gasteiger partial charge in [0.15, 0.2) is 0 Å². The van der Waals surface area contributed by atoms with E-state index in [0.717, 1.165) is 37.1 Å². The number of halogens is 3. The number of nitrogens with zero attached hydrogens (tertiary/aromatic N) is 4. The summed E-state index contributed by atoms with van der Waals surface area (Å²) in [7, 11) is 0. The van der Waals surface area contributed by atoms with Gasteiger partial charge in [-0.1, -0.05) is 59.6 Å². The average molecular weight is 567 g/mol. The van der Waals surface area contributed by atoms with Crippen LogP contribution in [0.25, 0.3) is 11.1 Å². The zero-order chi connectivity index (χ0) is 27.4. The molecular weight excluding hydrogens is 536 g/mol. The molecule has 4 aromatic rings. The largest absolute Gasteiger partial charge is 0.293 e. The number of benzene rings is 2. The van der Waals surface area contributed by atoms with Crippen LogP contribution in [0.2, 0.25) is 10.0 Å². The highest BCUT2D eigenvalue weighted by atomic mass is 35.5. The van der Waals surface area contributed by atoms with E-state index in [1.807, 2.05) is 30.5 Å². The highest BCUT2D eigenvalue weighted by Gasteiger charge is 2.26. The van der Waals surface area contributed by atoms with Crippen molar-refractivity contribution in [1.82, 2.24) is 19.7 Å². The van der Waals surface area contributed by atoms with Crippen LogP contribution >= 0.6 is 23.2 Å². The van der Waals surface area contributed by atoms with Crippen molar-refractivity contribution in [2.45, 2.75) is 38.0 Å². The van der Waals surface area contributed by atoms with E-state index in [-0.39, 0.29) is 11.1 Å². The Bertz CT molecular complexity index is 1400. The van der Waals surface area contributed by atoms with Gasteiger partial charge in [0.25, 0.3) is 0 Å². The van der Waals surface area contributed by atoms with Crippen molar-refractivity contribution in [3.63, 3.8) is 0 Å². The molecule has 0 spiro atoms. The first-order valence-electron chi connectivity index (χ1n) is 12.9. The van der Waals surface area contributed by atoms with E-state index in [1.54, 1.807) is 13.1 Å². The molecule has 39 heavy (non-hydrogen) atoms. The molecule has 1 aliphatic heterocycles. The number of hydrogen-bond acceptors (Lipinski definition) is 5. The van der Waals surface area contributed by atoms with Gasteiger partial charge in [-0.2, -0.15) is 5.10 Å². The maximum atomic E-state index is 13.8. The summed E-state index contributed by atoms with van der Waals surface area (Å²) < 4.78 is 15.9. The van der Waals surface area contributed by atoms with Crippen LogP contribution in [-0.2, 0) is 4.84 Å². The SMILES string of the molecule is C=C[C@H](c1ccccc1)N1CCC(n2cc(-c3ccc(NOC(C)c4c(Cl)ccc(F)c4Cl)nc3)cn2)CC1. The van der Waals surface area contributed by atoms with Crippen molar-refractivity contribution in [2.75, 3.05) is 18.6 Å². The van der Waals surface area contributed by atoms with Gasteiger partial charge in [0.1, 0.15) is 17.7 Å². The summed E-state index contributed by atoms with van der Waals surface area (Å²) in [5.74, 6) is -0.0440. The van der Waals surface area contributed by atoms with Crippen molar-refractivity contribution in [2.24, 2.45) is 0 Å². The van der Waals surface area contributed by atoms with Crippen LogP contribution in [0.4, 0.5) is 10.2 Å². The maximum absolute atomic E-state index is 13.8. The Kier molecular flexibility index (Phi) is 8.63. The number of rotatable bonds is 9. The van der Waals surface area contributed by atoms with Gasteiger partial charge in [0, 0.05) is 47.2 Å². The van der Waals surface area contributed by atoms with E-state index in [0.29, 0.717) is 22.4 Å². The Morgan fingerprint density at radius 2 is 1.82 bits per heavy atom. The van der Waals surface area contributed by atoms with E-state index in [2.05, 4.69) is 62.2 Å². The first kappa shape index (κ1) is 27.3. The fraction of sp³-hybridized carbons (Fsp3) is 0.267. The number of likely N-dealkylation sites (tertiary alicyclic amines) is 1. The summed E-state index contributed by atoms with van der Waals surface area (Å²) in [6.45, 7) is 7.77. The van der Waals surface area contributed by atoms with Crippen molar-refractivity contribution >= 4 is 29.0 Å². The van der Waals surface area contributed by atoms with Gasteiger partial charge in [0.2, 0.25) is 0 Å². The lowest BCUT2D eigenvalue weighted by molar-refractivity contribution is 0.115. The van der Waals surface area contributed by atoms with Gasteiger partial charge >= 0.3 is 0 Å². The van der Waals surface area contributed by atoms with Crippen LogP contribution in [0.5, 0.6) is 0 Å². The van der Waals surface area contributed by atoms with E-state index < -0.39 is 11.9 Å². The topological polar surface area (TPSA) is 55.2 Å². The lowest BCUT2D eigenvalue weighted by atomic mass is 9.99. The third-order valence-corrected chi connectivity index (χ3v) is 7.87. The van der Waals surface area contributed by atoms with E-state index in [4.69, 9.17) is 28.0 Å². The molecule has 1 N–H and O–H groups in total. The summed E-state index contributed by atoms with van der Waals surface area (Å²) in [5.41, 5.74) is 6.40. The number of hydrogen-bond donors (Lipinski definition) is 1. The smallest absolute Gasteiger partial charge is 0.149 e. The summed E-state index contributed by atoms with van der Waals surface area (Å²) in [4.78, 5) is 12.6. The molecule has 0 bridgehead atoms. The molecule has 1 fully saturated rings. The Morgan fingerprint density at radius 3 is 2.51 bits per heavy atom. The van der Waals surface area contributed by atoms with Crippen LogP contribution in [0.1, 0.15) is 49.1 Å². The fourth-order valence-electron chi connectivity index (χ4n) is 5.01. The lowest BCUT2D eigenvalue weighted by Crippen LogP contribution is -2.36. The first-order chi connectivity index (χ1) is 18.9. The number of anilines is 1. The molecule has 2 aromatic carbocycles. The quantitative estimate of drug-likeness (QED) is 0.126. The monoisotopic (exact) mass is 565 g/mol. The standard InChI is InChI=1S/C30H30Cl2FN5O/c1-3-27(21-7-5-4-6-8-21)37-15-13-24(14-16-37)38-19-23(18-35-38)22-9-12-28(34-17-22)36-39-20(2)29-25(31)10-11-26(33)30(29)32/h3-12,17-20,24,27H,1,13-16H2,2H3,(H,34,36)/t20?,27-/m1/s1. The number of aromatic nitrogens is 3. The van der Waals surface area contributed by atoms with Crippen LogP contribution in [0, 0.1) is 5.82 Å². The van der Waals surface area contributed by atoms with Gasteiger partial charge < -0.3 is 0 Å². The third-order valence-electron chi connectivity index (χ3n) is 7.16. The van der Waals surface area contributed by atoms with E-state index >= 15 is 0 Å². The maximum Gasteiger partial charge on any atom is 0.149 e. The molecule has 5 rings (SSSR count). The fourth-order valence-corrected chi connectivity index (χ4v) is 5.69. The molecule has 2 atom stereocenters. The van der Waals surface area contributed by atoms with Gasteiger partial charge in [-0.25, -0.2) is 14.9 Å². The van der Waals surface area contributed by atoms with Crippen LogP contribution in [0.3, 0.4) is 0 Å². The van der Waals surface area contributed by atoms with Crippen LogP contribution < -0.4 is 5.48 Å². The minimum atomic E-state index is -0.596. The third kappa shape index (κ3) is 6.17. The molecule has 0 aliphatic carbocycles. The lowest BCUT2D eigenvalue weighted by Gasteiger charge is -2.36. The predicted octanol–water partition coefficient (Wildman–Crippen LogP) is 8.06. The van der Waals surface area contributed by atoms with Crippen molar-refractivity contribution in [3.8, 4) is 11.1 Å². The number of piperidine rings is 1. The second-order valence-corrected chi connectivity index (χ2v) is 10.4. The van der Waals surface area contributed by atoms with Crippen LogP contribution in [0.15, 0.2) is 85.8 Å². The first-order valence-corrected chi connectivity index (χ1v) is 13.7. The van der Waals surface area contributed by atoms with Gasteiger partial charge in [-0.05, 0) is 49.6 Å². The second kappa shape index (κ2) is 12.3. The normalized spacial score (nSPS) is 16.1. The highest BCUT2D eigenvalue weighted by molar-refractivity contribution is 6.36. The molecule has 0 amide bonds. The Morgan fingerprint density at radius 1 is 1.05 bits per heavy atom. The molecule has 9 heteroatoms. The molecule has 1 unspecified atom stereocenters. The summed E-state index contributed by atoms with van der Waals surface area (Å²) in [5, 5.41) is 4.93. The minimum absolute atomic E-state index is 0.0560. The molecule has 3 heterocycles. The van der Waals surface area contributed by atoms with E-state index in [9.17, 15) is 4.39 Å². The van der Waals surface area contributed by atoms with Crippen molar-refractivity contribution in [3.05, 3.63) is 113 Å². The summed E-state index contributed by atoms with van der Waals surface area (Å²) in [6.07, 6.45) is 9.20. The second-order valence-electron chi connectivity index (χ2n) is 9.62. The van der Waals surface area contributed by atoms with E-state index in [1.165, 1.54) is 17.7 Å². The number of nitrogens with one attached hydrogen (secondary N) is 1. The molecule has 6 nitrogen and oxygen atoms in total. The minimum Gasteiger partial charge on any atom is -0.293 e. The predicted molar refractivity (Wildman–Crippen MR) is 154 cm³/mol. The summed E-state index contributed by atoms with van der Waals surface area (Å²) >= 11 is 12.3. The molecule has 0 radical (unpaired) electrons. The molecule has 1 aliphatic rings.